The van der Waals surface area contributed by atoms with Crippen LogP contribution >= 0.6 is 0 Å². The molecule has 0 saturated carbocycles. The van der Waals surface area contributed by atoms with Crippen molar-refractivity contribution in [1.29, 1.82) is 0 Å². The van der Waals surface area contributed by atoms with E-state index in [1.165, 1.54) is 0 Å². The number of ether oxygens (including phenoxy) is 4. The van der Waals surface area contributed by atoms with Crippen LogP contribution in [-0.2, 0) is 18.9 Å². The molecule has 3 N–H and O–H groups in total. The number of nitrogens with one attached hydrogen (secondary N) is 3. The molecular formula is C18H29N3O6. The molecule has 3 amide bonds. The van der Waals surface area contributed by atoms with Crippen molar-refractivity contribution < 1.29 is 28.5 Å². The molecule has 0 fully saturated rings. The first-order chi connectivity index (χ1) is 13.1. The number of carbonyl (C=O) groups excluding carboxylic acids is 2. The molecule has 0 radical (unpaired) electrons. The van der Waals surface area contributed by atoms with E-state index in [0.29, 0.717) is 51.0 Å². The molecule has 0 saturated heterocycles. The van der Waals surface area contributed by atoms with Crippen LogP contribution in [0.4, 0.5) is 21.0 Å². The van der Waals surface area contributed by atoms with Crippen molar-refractivity contribution in [3.63, 3.8) is 0 Å². The van der Waals surface area contributed by atoms with E-state index in [9.17, 15) is 9.59 Å². The Labute approximate surface area is 159 Å². The van der Waals surface area contributed by atoms with E-state index in [1.807, 2.05) is 13.8 Å². The van der Waals surface area contributed by atoms with Gasteiger partial charge in [-0.3, -0.25) is 5.32 Å². The zero-order valence-corrected chi connectivity index (χ0v) is 16.1. The molecule has 0 spiro atoms. The van der Waals surface area contributed by atoms with Crippen molar-refractivity contribution in [3.8, 4) is 0 Å². The van der Waals surface area contributed by atoms with Crippen molar-refractivity contribution in [3.05, 3.63) is 24.3 Å². The van der Waals surface area contributed by atoms with Gasteiger partial charge in [-0.1, -0.05) is 0 Å². The highest BCUT2D eigenvalue weighted by Crippen LogP contribution is 2.13. The summed E-state index contributed by atoms with van der Waals surface area (Å²) >= 11 is 0. The minimum Gasteiger partial charge on any atom is -0.450 e. The molecule has 0 aromatic heterocycles. The van der Waals surface area contributed by atoms with Crippen LogP contribution < -0.4 is 16.0 Å². The summed E-state index contributed by atoms with van der Waals surface area (Å²) in [6.07, 6.45) is -0.914. The molecule has 152 valence electrons. The Balaban J connectivity index is 2.23. The second-order valence-electron chi connectivity index (χ2n) is 5.22. The lowest BCUT2D eigenvalue weighted by atomic mass is 10.3. The molecule has 27 heavy (non-hydrogen) atoms. The van der Waals surface area contributed by atoms with Gasteiger partial charge >= 0.3 is 12.1 Å². The van der Waals surface area contributed by atoms with Gasteiger partial charge in [-0.05, 0) is 45.0 Å². The predicted octanol–water partition coefficient (Wildman–Crippen LogP) is 2.79. The zero-order valence-electron chi connectivity index (χ0n) is 16.1. The summed E-state index contributed by atoms with van der Waals surface area (Å²) in [7, 11) is 0. The van der Waals surface area contributed by atoms with Gasteiger partial charge in [0.05, 0.1) is 19.8 Å². The van der Waals surface area contributed by atoms with E-state index in [2.05, 4.69) is 16.0 Å². The maximum absolute atomic E-state index is 11.8. The van der Waals surface area contributed by atoms with Crippen LogP contribution in [0, 0.1) is 0 Å². The summed E-state index contributed by atoms with van der Waals surface area (Å²) in [5, 5.41) is 7.95. The highest BCUT2D eigenvalue weighted by molar-refractivity contribution is 5.90. The molecular weight excluding hydrogens is 354 g/mol. The first-order valence-electron chi connectivity index (χ1n) is 8.98. The third-order valence-corrected chi connectivity index (χ3v) is 3.16. The third-order valence-electron chi connectivity index (χ3n) is 3.16. The first-order valence-corrected chi connectivity index (χ1v) is 8.98. The van der Waals surface area contributed by atoms with Gasteiger partial charge in [0, 0.05) is 31.1 Å². The summed E-state index contributed by atoms with van der Waals surface area (Å²) in [6.45, 7) is 7.88. The Morgan fingerprint density at radius 3 is 2.07 bits per heavy atom. The van der Waals surface area contributed by atoms with Crippen molar-refractivity contribution in [2.75, 3.05) is 50.2 Å². The summed E-state index contributed by atoms with van der Waals surface area (Å²) in [5.74, 6) is 0. The largest absolute Gasteiger partial charge is 0.450 e. The van der Waals surface area contributed by atoms with E-state index in [0.717, 1.165) is 0 Å². The fourth-order valence-corrected chi connectivity index (χ4v) is 2.03. The molecule has 0 aliphatic heterocycles. The third kappa shape index (κ3) is 10.4. The number of amides is 3. The van der Waals surface area contributed by atoms with Crippen LogP contribution in [-0.4, -0.2) is 58.0 Å². The van der Waals surface area contributed by atoms with E-state index in [1.54, 1.807) is 31.2 Å². The summed E-state index contributed by atoms with van der Waals surface area (Å²) in [4.78, 5) is 23.2. The van der Waals surface area contributed by atoms with Crippen molar-refractivity contribution in [1.82, 2.24) is 5.32 Å². The second kappa shape index (κ2) is 13.8. The number of rotatable bonds is 12. The fraction of sp³-hybridized carbons (Fsp3) is 0.556. The zero-order chi connectivity index (χ0) is 19.9. The van der Waals surface area contributed by atoms with Crippen LogP contribution in [0.5, 0.6) is 0 Å². The molecule has 0 aliphatic carbocycles. The lowest BCUT2D eigenvalue weighted by Gasteiger charge is -2.17. The molecule has 9 heteroatoms. The van der Waals surface area contributed by atoms with E-state index >= 15 is 0 Å². The summed E-state index contributed by atoms with van der Waals surface area (Å²) < 4.78 is 20.9. The summed E-state index contributed by atoms with van der Waals surface area (Å²) in [6, 6.07) is 6.32. The molecule has 0 heterocycles. The lowest BCUT2D eigenvalue weighted by Crippen LogP contribution is -2.32. The Morgan fingerprint density at radius 1 is 0.926 bits per heavy atom. The first kappa shape index (κ1) is 22.7. The number of hydrogen-bond acceptors (Lipinski definition) is 6. The smallest absolute Gasteiger partial charge is 0.411 e. The molecule has 0 unspecified atom stereocenters. The predicted molar refractivity (Wildman–Crippen MR) is 102 cm³/mol. The van der Waals surface area contributed by atoms with Gasteiger partial charge < -0.3 is 29.6 Å². The highest BCUT2D eigenvalue weighted by Gasteiger charge is 2.08. The average molecular weight is 383 g/mol. The van der Waals surface area contributed by atoms with Crippen LogP contribution in [0.3, 0.4) is 0 Å². The Morgan fingerprint density at radius 2 is 1.52 bits per heavy atom. The number of anilines is 2. The molecule has 1 aromatic rings. The Hall–Kier alpha value is -2.36. The monoisotopic (exact) mass is 383 g/mol. The van der Waals surface area contributed by atoms with Gasteiger partial charge in [0.25, 0.3) is 0 Å². The molecule has 0 atom stereocenters. The molecule has 1 rings (SSSR count). The average Bonchev–Trinajstić information content (AvgIpc) is 2.63. The van der Waals surface area contributed by atoms with Crippen molar-refractivity contribution in [2.45, 2.75) is 27.1 Å². The number of hydrogen-bond donors (Lipinski definition) is 3. The maximum Gasteiger partial charge on any atom is 0.411 e. The van der Waals surface area contributed by atoms with Gasteiger partial charge in [0.15, 0.2) is 6.29 Å². The topological polar surface area (TPSA) is 107 Å². The maximum atomic E-state index is 11.8. The van der Waals surface area contributed by atoms with Gasteiger partial charge in [0.2, 0.25) is 0 Å². The van der Waals surface area contributed by atoms with Crippen LogP contribution in [0.25, 0.3) is 0 Å². The molecule has 0 bridgehead atoms. The Kier molecular flexibility index (Phi) is 11.6. The van der Waals surface area contributed by atoms with Crippen molar-refractivity contribution >= 4 is 23.5 Å². The molecule has 9 nitrogen and oxygen atoms in total. The van der Waals surface area contributed by atoms with Crippen LogP contribution in [0.2, 0.25) is 0 Å². The quantitative estimate of drug-likeness (QED) is 0.378. The van der Waals surface area contributed by atoms with Gasteiger partial charge in [-0.25, -0.2) is 9.59 Å². The van der Waals surface area contributed by atoms with Gasteiger partial charge in [0.1, 0.15) is 0 Å². The standard InChI is InChI=1S/C18H29N3O6/c1-4-25-16(26-5-2)13-24-12-11-19-17(22)20-14-7-9-15(10-8-14)21-18(23)27-6-3/h7-10,16H,4-6,11-13H2,1-3H3,(H,21,23)(H2,19,20,22). The number of benzene rings is 1. The molecule has 1 aromatic carbocycles. The van der Waals surface area contributed by atoms with Crippen LogP contribution in [0.15, 0.2) is 24.3 Å². The minimum absolute atomic E-state index is 0.299. The summed E-state index contributed by atoms with van der Waals surface area (Å²) in [5.41, 5.74) is 1.17. The van der Waals surface area contributed by atoms with Crippen LogP contribution in [0.1, 0.15) is 20.8 Å². The van der Waals surface area contributed by atoms with Gasteiger partial charge in [-0.15, -0.1) is 0 Å². The van der Waals surface area contributed by atoms with E-state index < -0.39 is 12.4 Å². The normalized spacial score (nSPS) is 10.5. The molecule has 0 aliphatic rings. The Bertz CT molecular complexity index is 547. The lowest BCUT2D eigenvalue weighted by molar-refractivity contribution is -0.166. The highest BCUT2D eigenvalue weighted by atomic mass is 16.7. The van der Waals surface area contributed by atoms with Gasteiger partial charge in [-0.2, -0.15) is 0 Å². The van der Waals surface area contributed by atoms with E-state index in [-0.39, 0.29) is 6.03 Å². The number of urea groups is 1. The number of carbonyl (C=O) groups is 2. The van der Waals surface area contributed by atoms with Crippen molar-refractivity contribution in [2.24, 2.45) is 0 Å². The van der Waals surface area contributed by atoms with E-state index in [4.69, 9.17) is 18.9 Å². The fourth-order valence-electron chi connectivity index (χ4n) is 2.03. The second-order valence-corrected chi connectivity index (χ2v) is 5.22. The SMILES string of the molecule is CCOC(=O)Nc1ccc(NC(=O)NCCOCC(OCC)OCC)cc1. The minimum atomic E-state index is -0.521.